The minimum absolute atomic E-state index is 0.275. The summed E-state index contributed by atoms with van der Waals surface area (Å²) in [5.41, 5.74) is 1.14. The minimum Gasteiger partial charge on any atom is -0.489 e. The zero-order chi connectivity index (χ0) is 9.26. The molecule has 13 heavy (non-hydrogen) atoms. The molecule has 0 aliphatic carbocycles. The fourth-order valence-electron chi connectivity index (χ4n) is 1.07. The fraction of sp³-hybridized carbons (Fsp3) is 0.400. The Labute approximate surface area is 82.4 Å². The molecule has 0 spiro atoms. The van der Waals surface area contributed by atoms with Gasteiger partial charge in [-0.25, -0.2) is 0 Å². The fourth-order valence-corrected chi connectivity index (χ4v) is 1.36. The van der Waals surface area contributed by atoms with Crippen LogP contribution in [0.15, 0.2) is 18.2 Å². The van der Waals surface area contributed by atoms with Gasteiger partial charge in [-0.05, 0) is 24.6 Å². The van der Waals surface area contributed by atoms with Crippen LogP contribution in [0, 0.1) is 6.92 Å². The topological polar surface area (TPSA) is 21.8 Å². The van der Waals surface area contributed by atoms with E-state index in [9.17, 15) is 0 Å². The Bertz CT molecular complexity index is 308. The van der Waals surface area contributed by atoms with Gasteiger partial charge >= 0.3 is 0 Å². The van der Waals surface area contributed by atoms with Crippen LogP contribution in [0.5, 0.6) is 5.75 Å². The van der Waals surface area contributed by atoms with Gasteiger partial charge in [-0.2, -0.15) is 0 Å². The molecule has 1 aromatic carbocycles. The first-order valence-corrected chi connectivity index (χ1v) is 4.64. The number of aryl methyl sites for hydroxylation is 1. The summed E-state index contributed by atoms with van der Waals surface area (Å²) < 4.78 is 10.5. The molecule has 1 fully saturated rings. The molecule has 0 saturated carbocycles. The lowest BCUT2D eigenvalue weighted by molar-refractivity contribution is 0.263. The molecule has 1 aromatic rings. The predicted molar refractivity (Wildman–Crippen MR) is 51.4 cm³/mol. The highest BCUT2D eigenvalue weighted by Gasteiger charge is 2.23. The average Bonchev–Trinajstić information content (AvgIpc) is 2.86. The molecule has 1 heterocycles. The molecule has 70 valence electrons. The van der Waals surface area contributed by atoms with E-state index in [1.807, 2.05) is 25.1 Å². The van der Waals surface area contributed by atoms with Gasteiger partial charge in [-0.3, -0.25) is 0 Å². The Morgan fingerprint density at radius 1 is 1.62 bits per heavy atom. The molecule has 0 bridgehead atoms. The van der Waals surface area contributed by atoms with Gasteiger partial charge in [0.15, 0.2) is 0 Å². The zero-order valence-corrected chi connectivity index (χ0v) is 8.17. The van der Waals surface area contributed by atoms with Crippen LogP contribution in [-0.2, 0) is 4.74 Å². The first-order chi connectivity index (χ1) is 6.25. The van der Waals surface area contributed by atoms with Gasteiger partial charge in [0, 0.05) is 0 Å². The lowest BCUT2D eigenvalue weighted by Crippen LogP contribution is -2.04. The van der Waals surface area contributed by atoms with Gasteiger partial charge in [-0.1, -0.05) is 17.7 Å². The molecule has 1 saturated heterocycles. The van der Waals surface area contributed by atoms with Crippen molar-refractivity contribution in [3.05, 3.63) is 28.8 Å². The van der Waals surface area contributed by atoms with Crippen LogP contribution >= 0.6 is 11.6 Å². The molecule has 0 aromatic heterocycles. The summed E-state index contributed by atoms with van der Waals surface area (Å²) in [6.07, 6.45) is 0.275. The molecule has 3 heteroatoms. The van der Waals surface area contributed by atoms with Gasteiger partial charge < -0.3 is 9.47 Å². The summed E-state index contributed by atoms with van der Waals surface area (Å²) >= 11 is 5.97. The third-order valence-electron chi connectivity index (χ3n) is 1.91. The van der Waals surface area contributed by atoms with Gasteiger partial charge in [-0.15, -0.1) is 0 Å². The van der Waals surface area contributed by atoms with E-state index < -0.39 is 0 Å². The first-order valence-electron chi connectivity index (χ1n) is 4.26. The van der Waals surface area contributed by atoms with E-state index in [0.717, 1.165) is 17.9 Å². The average molecular weight is 199 g/mol. The van der Waals surface area contributed by atoms with E-state index in [2.05, 4.69) is 0 Å². The maximum absolute atomic E-state index is 5.97. The molecule has 0 N–H and O–H groups in total. The van der Waals surface area contributed by atoms with E-state index in [-0.39, 0.29) is 6.10 Å². The van der Waals surface area contributed by atoms with Gasteiger partial charge in [0.25, 0.3) is 0 Å². The number of benzene rings is 1. The summed E-state index contributed by atoms with van der Waals surface area (Å²) in [7, 11) is 0. The first kappa shape index (κ1) is 8.85. The van der Waals surface area contributed by atoms with Crippen LogP contribution in [0.1, 0.15) is 5.56 Å². The third kappa shape index (κ3) is 2.36. The second-order valence-corrected chi connectivity index (χ2v) is 3.61. The van der Waals surface area contributed by atoms with Crippen molar-refractivity contribution in [2.45, 2.75) is 13.0 Å². The van der Waals surface area contributed by atoms with E-state index in [1.54, 1.807) is 0 Å². The van der Waals surface area contributed by atoms with Crippen molar-refractivity contribution in [1.29, 1.82) is 0 Å². The van der Waals surface area contributed by atoms with Crippen molar-refractivity contribution in [2.75, 3.05) is 13.2 Å². The minimum atomic E-state index is 0.275. The Hall–Kier alpha value is -0.730. The van der Waals surface area contributed by atoms with E-state index in [0.29, 0.717) is 11.6 Å². The second-order valence-electron chi connectivity index (χ2n) is 3.20. The standard InChI is InChI=1S/C10H11ClO2/c1-7-2-3-10(9(11)4-7)13-6-8-5-12-8/h2-4,8H,5-6H2,1H3/t8-/m0/s1. The van der Waals surface area contributed by atoms with Crippen LogP contribution < -0.4 is 4.74 Å². The summed E-state index contributed by atoms with van der Waals surface area (Å²) in [5, 5.41) is 0.667. The maximum atomic E-state index is 5.97. The summed E-state index contributed by atoms with van der Waals surface area (Å²) in [5.74, 6) is 0.739. The zero-order valence-electron chi connectivity index (χ0n) is 7.42. The molecule has 1 aliphatic heterocycles. The molecule has 2 nitrogen and oxygen atoms in total. The molecular formula is C10H11ClO2. The molecule has 0 radical (unpaired) electrons. The van der Waals surface area contributed by atoms with Crippen molar-refractivity contribution in [3.63, 3.8) is 0 Å². The predicted octanol–water partition coefficient (Wildman–Crippen LogP) is 2.43. The number of hydrogen-bond acceptors (Lipinski definition) is 2. The quantitative estimate of drug-likeness (QED) is 0.696. The van der Waals surface area contributed by atoms with Gasteiger partial charge in [0.05, 0.1) is 11.6 Å². The monoisotopic (exact) mass is 198 g/mol. The molecule has 2 rings (SSSR count). The molecular weight excluding hydrogens is 188 g/mol. The maximum Gasteiger partial charge on any atom is 0.138 e. The van der Waals surface area contributed by atoms with Crippen molar-refractivity contribution < 1.29 is 9.47 Å². The van der Waals surface area contributed by atoms with Crippen LogP contribution in [0.2, 0.25) is 5.02 Å². The number of epoxide rings is 1. The summed E-state index contributed by atoms with van der Waals surface area (Å²) in [6, 6.07) is 5.76. The molecule has 0 unspecified atom stereocenters. The Balaban J connectivity index is 2.01. The molecule has 1 aliphatic rings. The van der Waals surface area contributed by atoms with Crippen LogP contribution in [0.3, 0.4) is 0 Å². The number of halogens is 1. The largest absolute Gasteiger partial charge is 0.489 e. The normalized spacial score (nSPS) is 20.0. The summed E-state index contributed by atoms with van der Waals surface area (Å²) in [4.78, 5) is 0. The highest BCUT2D eigenvalue weighted by Crippen LogP contribution is 2.26. The third-order valence-corrected chi connectivity index (χ3v) is 2.21. The number of hydrogen-bond donors (Lipinski definition) is 0. The Morgan fingerprint density at radius 3 is 3.00 bits per heavy atom. The van der Waals surface area contributed by atoms with Crippen molar-refractivity contribution >= 4 is 11.6 Å². The Morgan fingerprint density at radius 2 is 2.38 bits per heavy atom. The lowest BCUT2D eigenvalue weighted by Gasteiger charge is -2.06. The number of ether oxygens (including phenoxy) is 2. The number of rotatable bonds is 3. The summed E-state index contributed by atoms with van der Waals surface area (Å²) in [6.45, 7) is 3.41. The molecule has 0 amide bonds. The van der Waals surface area contributed by atoms with Crippen LogP contribution in [-0.4, -0.2) is 19.3 Å². The SMILES string of the molecule is Cc1ccc(OC[C@@H]2CO2)c(Cl)c1. The lowest BCUT2D eigenvalue weighted by atomic mass is 10.2. The Kier molecular flexibility index (Phi) is 2.42. The molecule has 1 atom stereocenters. The van der Waals surface area contributed by atoms with Crippen LogP contribution in [0.25, 0.3) is 0 Å². The highest BCUT2D eigenvalue weighted by atomic mass is 35.5. The van der Waals surface area contributed by atoms with E-state index in [1.165, 1.54) is 0 Å². The van der Waals surface area contributed by atoms with Crippen molar-refractivity contribution in [1.82, 2.24) is 0 Å². The second kappa shape index (κ2) is 3.56. The van der Waals surface area contributed by atoms with E-state index in [4.69, 9.17) is 21.1 Å². The van der Waals surface area contributed by atoms with Crippen molar-refractivity contribution in [3.8, 4) is 5.75 Å². The van der Waals surface area contributed by atoms with Gasteiger partial charge in [0.1, 0.15) is 18.5 Å². The van der Waals surface area contributed by atoms with Crippen LogP contribution in [0.4, 0.5) is 0 Å². The van der Waals surface area contributed by atoms with Crippen molar-refractivity contribution in [2.24, 2.45) is 0 Å². The van der Waals surface area contributed by atoms with Gasteiger partial charge in [0.2, 0.25) is 0 Å². The highest BCUT2D eigenvalue weighted by molar-refractivity contribution is 6.32. The van der Waals surface area contributed by atoms with E-state index >= 15 is 0 Å². The smallest absolute Gasteiger partial charge is 0.138 e.